The lowest BCUT2D eigenvalue weighted by atomic mass is 10.3. The maximum Gasteiger partial charge on any atom is 0.166 e. The van der Waals surface area contributed by atoms with Crippen molar-refractivity contribution >= 4 is 22.2 Å². The van der Waals surface area contributed by atoms with Gasteiger partial charge >= 0.3 is 0 Å². The number of aromatic nitrogens is 3. The van der Waals surface area contributed by atoms with Crippen LogP contribution < -0.4 is 0 Å². The zero-order chi connectivity index (χ0) is 11.7. The highest BCUT2D eigenvalue weighted by molar-refractivity contribution is 9.10. The van der Waals surface area contributed by atoms with Gasteiger partial charge in [-0.15, -0.1) is 0 Å². The smallest absolute Gasteiger partial charge is 0.166 e. The van der Waals surface area contributed by atoms with Crippen LogP contribution in [0.1, 0.15) is 21.9 Å². The lowest BCUT2D eigenvalue weighted by Gasteiger charge is -2.06. The van der Waals surface area contributed by atoms with E-state index in [0.717, 1.165) is 22.1 Å². The number of aryl methyl sites for hydroxylation is 2. The zero-order valence-electron chi connectivity index (χ0n) is 9.14. The molecule has 0 N–H and O–H groups in total. The van der Waals surface area contributed by atoms with Gasteiger partial charge in [0.15, 0.2) is 6.29 Å². The molecule has 0 atom stereocenters. The van der Waals surface area contributed by atoms with E-state index in [1.54, 1.807) is 6.07 Å². The van der Waals surface area contributed by atoms with Crippen LogP contribution in [0.15, 0.2) is 22.8 Å². The van der Waals surface area contributed by atoms with E-state index in [4.69, 9.17) is 0 Å². The summed E-state index contributed by atoms with van der Waals surface area (Å²) in [6.07, 6.45) is 2.75. The van der Waals surface area contributed by atoms with E-state index in [-0.39, 0.29) is 0 Å². The lowest BCUT2D eigenvalue weighted by molar-refractivity contribution is 0.111. The van der Waals surface area contributed by atoms with Crippen molar-refractivity contribution in [3.05, 3.63) is 39.9 Å². The second kappa shape index (κ2) is 4.25. The van der Waals surface area contributed by atoms with Gasteiger partial charge in [-0.25, -0.2) is 0 Å². The van der Waals surface area contributed by atoms with Crippen molar-refractivity contribution in [3.63, 3.8) is 0 Å². The van der Waals surface area contributed by atoms with Gasteiger partial charge in [-0.05, 0) is 35.0 Å². The van der Waals surface area contributed by atoms with Crippen LogP contribution in [0.2, 0.25) is 0 Å². The van der Waals surface area contributed by atoms with Gasteiger partial charge in [-0.2, -0.15) is 5.10 Å². The molecule has 0 fully saturated rings. The number of carbonyl (C=O) groups excluding carboxylic acids is 1. The molecule has 0 aliphatic carbocycles. The van der Waals surface area contributed by atoms with Crippen molar-refractivity contribution in [3.8, 4) is 0 Å². The molecule has 0 aromatic carbocycles. The van der Waals surface area contributed by atoms with Gasteiger partial charge in [0.05, 0.1) is 28.1 Å². The van der Waals surface area contributed by atoms with Crippen LogP contribution in [0.5, 0.6) is 0 Å². The van der Waals surface area contributed by atoms with Gasteiger partial charge in [0.1, 0.15) is 0 Å². The summed E-state index contributed by atoms with van der Waals surface area (Å²) in [7, 11) is 1.90. The molecule has 2 aromatic heterocycles. The first-order valence-electron chi connectivity index (χ1n) is 4.91. The van der Waals surface area contributed by atoms with E-state index >= 15 is 0 Å². The average Bonchev–Trinajstić information content (AvgIpc) is 2.79. The number of halogens is 1. The SMILES string of the molecule is Cc1nn(C)c(Cn2cccc2C=O)c1Br. The number of hydrogen-bond donors (Lipinski definition) is 0. The van der Waals surface area contributed by atoms with E-state index in [1.807, 2.05) is 35.5 Å². The van der Waals surface area contributed by atoms with Gasteiger partial charge in [0, 0.05) is 13.2 Å². The van der Waals surface area contributed by atoms with Gasteiger partial charge in [0.2, 0.25) is 0 Å². The van der Waals surface area contributed by atoms with Gasteiger partial charge < -0.3 is 4.57 Å². The number of rotatable bonds is 3. The Kier molecular flexibility index (Phi) is 2.96. The minimum Gasteiger partial charge on any atom is -0.339 e. The Bertz CT molecular complexity index is 527. The van der Waals surface area contributed by atoms with Crippen molar-refractivity contribution in [1.29, 1.82) is 0 Å². The summed E-state index contributed by atoms with van der Waals surface area (Å²) in [6, 6.07) is 3.66. The lowest BCUT2D eigenvalue weighted by Crippen LogP contribution is -2.07. The van der Waals surface area contributed by atoms with Crippen LogP contribution in [-0.2, 0) is 13.6 Å². The Morgan fingerprint density at radius 3 is 2.88 bits per heavy atom. The van der Waals surface area contributed by atoms with Crippen LogP contribution in [0.3, 0.4) is 0 Å². The summed E-state index contributed by atoms with van der Waals surface area (Å²) in [5, 5.41) is 4.31. The average molecular weight is 282 g/mol. The van der Waals surface area contributed by atoms with Crippen LogP contribution in [0, 0.1) is 6.92 Å². The van der Waals surface area contributed by atoms with Crippen molar-refractivity contribution in [1.82, 2.24) is 14.3 Å². The number of nitrogens with zero attached hydrogens (tertiary/aromatic N) is 3. The standard InChI is InChI=1S/C11H12BrN3O/c1-8-11(12)10(14(2)13-8)6-15-5-3-4-9(15)7-16/h3-5,7H,6H2,1-2H3. The maximum absolute atomic E-state index is 10.8. The number of hydrogen-bond acceptors (Lipinski definition) is 2. The van der Waals surface area contributed by atoms with Gasteiger partial charge in [-0.3, -0.25) is 9.48 Å². The van der Waals surface area contributed by atoms with E-state index in [0.29, 0.717) is 12.2 Å². The molecule has 0 aliphatic rings. The molecule has 0 radical (unpaired) electrons. The molecule has 0 unspecified atom stereocenters. The van der Waals surface area contributed by atoms with Crippen molar-refractivity contribution in [2.24, 2.45) is 7.05 Å². The molecule has 0 spiro atoms. The molecule has 16 heavy (non-hydrogen) atoms. The van der Waals surface area contributed by atoms with Gasteiger partial charge in [0.25, 0.3) is 0 Å². The second-order valence-corrected chi connectivity index (χ2v) is 4.44. The molecular weight excluding hydrogens is 270 g/mol. The van der Waals surface area contributed by atoms with Crippen LogP contribution in [-0.4, -0.2) is 20.6 Å². The van der Waals surface area contributed by atoms with Crippen LogP contribution in [0.4, 0.5) is 0 Å². The Balaban J connectivity index is 2.37. The Hall–Kier alpha value is -1.36. The third-order valence-corrected chi connectivity index (χ3v) is 3.60. The molecule has 2 aromatic rings. The molecule has 0 saturated heterocycles. The summed E-state index contributed by atoms with van der Waals surface area (Å²) < 4.78 is 4.72. The third-order valence-electron chi connectivity index (χ3n) is 2.57. The molecular formula is C11H12BrN3O. The first kappa shape index (κ1) is 11.1. The molecule has 2 rings (SSSR count). The zero-order valence-corrected chi connectivity index (χ0v) is 10.7. The normalized spacial score (nSPS) is 10.7. The predicted octanol–water partition coefficient (Wildman–Crippen LogP) is 2.15. The first-order chi connectivity index (χ1) is 7.63. The summed E-state index contributed by atoms with van der Waals surface area (Å²) in [4.78, 5) is 10.8. The fourth-order valence-electron chi connectivity index (χ4n) is 1.69. The number of carbonyl (C=O) groups is 1. The van der Waals surface area contributed by atoms with E-state index in [1.165, 1.54) is 0 Å². The van der Waals surface area contributed by atoms with Crippen LogP contribution >= 0.6 is 15.9 Å². The minimum absolute atomic E-state index is 0.638. The fourth-order valence-corrected chi connectivity index (χ4v) is 2.15. The molecule has 4 nitrogen and oxygen atoms in total. The predicted molar refractivity (Wildman–Crippen MR) is 64.6 cm³/mol. The minimum atomic E-state index is 0.638. The molecule has 84 valence electrons. The second-order valence-electron chi connectivity index (χ2n) is 3.65. The molecule has 0 bridgehead atoms. The Morgan fingerprint density at radius 2 is 2.31 bits per heavy atom. The van der Waals surface area contributed by atoms with Crippen molar-refractivity contribution < 1.29 is 4.79 Å². The van der Waals surface area contributed by atoms with Crippen LogP contribution in [0.25, 0.3) is 0 Å². The summed E-state index contributed by atoms with van der Waals surface area (Å²) in [5.74, 6) is 0. The van der Waals surface area contributed by atoms with Gasteiger partial charge in [-0.1, -0.05) is 0 Å². The molecule has 0 amide bonds. The topological polar surface area (TPSA) is 39.8 Å². The quantitative estimate of drug-likeness (QED) is 0.809. The molecule has 0 aliphatic heterocycles. The maximum atomic E-state index is 10.8. The highest BCUT2D eigenvalue weighted by atomic mass is 79.9. The summed E-state index contributed by atoms with van der Waals surface area (Å²) in [6.45, 7) is 2.59. The highest BCUT2D eigenvalue weighted by Gasteiger charge is 2.11. The van der Waals surface area contributed by atoms with E-state index in [9.17, 15) is 4.79 Å². The molecule has 5 heteroatoms. The van der Waals surface area contributed by atoms with E-state index < -0.39 is 0 Å². The monoisotopic (exact) mass is 281 g/mol. The number of aldehydes is 1. The largest absolute Gasteiger partial charge is 0.339 e. The summed E-state index contributed by atoms with van der Waals surface area (Å²) in [5.41, 5.74) is 2.68. The van der Waals surface area contributed by atoms with E-state index in [2.05, 4.69) is 21.0 Å². The van der Waals surface area contributed by atoms with Crippen molar-refractivity contribution in [2.45, 2.75) is 13.5 Å². The molecule has 0 saturated carbocycles. The van der Waals surface area contributed by atoms with Crippen molar-refractivity contribution in [2.75, 3.05) is 0 Å². The Morgan fingerprint density at radius 1 is 1.56 bits per heavy atom. The first-order valence-corrected chi connectivity index (χ1v) is 5.71. The highest BCUT2D eigenvalue weighted by Crippen LogP contribution is 2.21. The Labute approximate surface area is 102 Å². The third kappa shape index (κ3) is 1.82. The summed E-state index contributed by atoms with van der Waals surface area (Å²) >= 11 is 3.51. The molecule has 2 heterocycles. The fraction of sp³-hybridized carbons (Fsp3) is 0.273.